The largest absolute Gasteiger partial charge is 0.492 e. The molecule has 4 aromatic rings. The number of nitrogens with zero attached hydrogens (tertiary/aromatic N) is 3. The second kappa shape index (κ2) is 10.4. The van der Waals surface area contributed by atoms with E-state index in [1.807, 2.05) is 19.2 Å². The third kappa shape index (κ3) is 5.62. The van der Waals surface area contributed by atoms with E-state index < -0.39 is 5.97 Å². The summed E-state index contributed by atoms with van der Waals surface area (Å²) in [6.07, 6.45) is 5.66. The number of aromatic nitrogens is 3. The first-order chi connectivity index (χ1) is 16.0. The van der Waals surface area contributed by atoms with E-state index in [1.54, 1.807) is 24.3 Å². The van der Waals surface area contributed by atoms with Gasteiger partial charge in [-0.3, -0.25) is 0 Å². The highest BCUT2D eigenvalue weighted by molar-refractivity contribution is 6.30. The summed E-state index contributed by atoms with van der Waals surface area (Å²) in [4.78, 5) is 20.3. The highest BCUT2D eigenvalue weighted by atomic mass is 35.5. The van der Waals surface area contributed by atoms with Gasteiger partial charge in [0, 0.05) is 35.4 Å². The summed E-state index contributed by atoms with van der Waals surface area (Å²) in [6, 6.07) is 15.4. The summed E-state index contributed by atoms with van der Waals surface area (Å²) in [6.45, 7) is 0.882. The molecule has 170 valence electrons. The van der Waals surface area contributed by atoms with E-state index in [0.717, 1.165) is 18.6 Å². The molecule has 2 N–H and O–H groups in total. The Labute approximate surface area is 197 Å². The number of ether oxygens (including phenoxy) is 1. The number of anilines is 1. The van der Waals surface area contributed by atoms with Gasteiger partial charge >= 0.3 is 5.97 Å². The van der Waals surface area contributed by atoms with Crippen molar-refractivity contribution in [3.05, 3.63) is 82.8 Å². The Kier molecular flexibility index (Phi) is 7.10. The van der Waals surface area contributed by atoms with Crippen LogP contribution >= 0.6 is 11.6 Å². The average molecular weight is 465 g/mol. The van der Waals surface area contributed by atoms with Crippen LogP contribution in [0.5, 0.6) is 5.75 Å². The van der Waals surface area contributed by atoms with Crippen LogP contribution in [0.25, 0.3) is 10.9 Å². The zero-order valence-electron chi connectivity index (χ0n) is 18.3. The molecule has 0 bridgehead atoms. The van der Waals surface area contributed by atoms with Crippen LogP contribution in [0.4, 0.5) is 5.95 Å². The Morgan fingerprint density at radius 2 is 1.94 bits per heavy atom. The first-order valence-electron chi connectivity index (χ1n) is 10.8. The summed E-state index contributed by atoms with van der Waals surface area (Å²) < 4.78 is 7.77. The van der Waals surface area contributed by atoms with Crippen LogP contribution in [0.15, 0.2) is 60.9 Å². The van der Waals surface area contributed by atoms with Crippen LogP contribution < -0.4 is 10.1 Å². The van der Waals surface area contributed by atoms with E-state index in [9.17, 15) is 9.90 Å². The smallest absolute Gasteiger partial charge is 0.339 e. The summed E-state index contributed by atoms with van der Waals surface area (Å²) in [5, 5.41) is 14.5. The fourth-order valence-electron chi connectivity index (χ4n) is 3.81. The van der Waals surface area contributed by atoms with Gasteiger partial charge in [0.2, 0.25) is 5.95 Å². The molecule has 0 aliphatic heterocycles. The topological polar surface area (TPSA) is 89.3 Å². The van der Waals surface area contributed by atoms with Gasteiger partial charge < -0.3 is 19.7 Å². The number of rotatable bonds is 10. The molecule has 0 fully saturated rings. The number of aromatic carboxylic acids is 1. The molecule has 7 nitrogen and oxygen atoms in total. The number of para-hydroxylation sites is 1. The predicted octanol–water partition coefficient (Wildman–Crippen LogP) is 4.99. The Morgan fingerprint density at radius 1 is 1.15 bits per heavy atom. The van der Waals surface area contributed by atoms with Gasteiger partial charge in [0.1, 0.15) is 12.4 Å². The number of hydrogen-bond acceptors (Lipinski definition) is 5. The van der Waals surface area contributed by atoms with Crippen molar-refractivity contribution in [3.8, 4) is 5.75 Å². The maximum absolute atomic E-state index is 11.7. The molecule has 4 rings (SSSR count). The number of carbonyl (C=O) groups is 1. The van der Waals surface area contributed by atoms with E-state index >= 15 is 0 Å². The van der Waals surface area contributed by atoms with Crippen LogP contribution in [0.2, 0.25) is 5.02 Å². The molecular formula is C25H25ClN4O3. The minimum Gasteiger partial charge on any atom is -0.492 e. The first kappa shape index (κ1) is 22.6. The Morgan fingerprint density at radius 3 is 2.73 bits per heavy atom. The van der Waals surface area contributed by atoms with Gasteiger partial charge in [-0.05, 0) is 55.2 Å². The van der Waals surface area contributed by atoms with Crippen molar-refractivity contribution in [2.24, 2.45) is 7.05 Å². The molecule has 0 aliphatic rings. The maximum atomic E-state index is 11.7. The highest BCUT2D eigenvalue weighted by Gasteiger charge is 2.14. The fourth-order valence-corrected chi connectivity index (χ4v) is 3.93. The van der Waals surface area contributed by atoms with Crippen molar-refractivity contribution in [2.75, 3.05) is 18.5 Å². The predicted molar refractivity (Wildman–Crippen MR) is 129 cm³/mol. The summed E-state index contributed by atoms with van der Waals surface area (Å²) in [7, 11) is 2.04. The molecule has 2 aromatic carbocycles. The summed E-state index contributed by atoms with van der Waals surface area (Å²) in [5.74, 6) is 0.0881. The number of nitrogens with one attached hydrogen (secondary N) is 1. The zero-order valence-corrected chi connectivity index (χ0v) is 19.0. The molecule has 0 spiro atoms. The molecule has 8 heteroatoms. The number of fused-ring (bicyclic) bond motifs is 1. The molecule has 0 radical (unpaired) electrons. The fraction of sp³-hybridized carbons (Fsp3) is 0.240. The molecule has 2 aromatic heterocycles. The number of carboxylic acid groups (broad SMARTS) is 1. The van der Waals surface area contributed by atoms with E-state index in [0.29, 0.717) is 36.2 Å². The quantitative estimate of drug-likeness (QED) is 0.321. The number of benzene rings is 2. The van der Waals surface area contributed by atoms with Gasteiger partial charge in [-0.25, -0.2) is 14.8 Å². The van der Waals surface area contributed by atoms with Crippen molar-refractivity contribution in [2.45, 2.75) is 19.3 Å². The average Bonchev–Trinajstić information content (AvgIpc) is 3.13. The maximum Gasteiger partial charge on any atom is 0.339 e. The Balaban J connectivity index is 1.36. The lowest BCUT2D eigenvalue weighted by molar-refractivity contribution is 0.0694. The molecule has 0 atom stereocenters. The molecule has 0 aliphatic carbocycles. The van der Waals surface area contributed by atoms with Gasteiger partial charge in [-0.2, -0.15) is 0 Å². The van der Waals surface area contributed by atoms with Crippen LogP contribution in [-0.4, -0.2) is 38.8 Å². The first-order valence-corrected chi connectivity index (χ1v) is 11.1. The molecular weight excluding hydrogens is 440 g/mol. The minimum atomic E-state index is -1.02. The Bertz CT molecular complexity index is 1250. The number of carboxylic acids is 1. The van der Waals surface area contributed by atoms with Crippen molar-refractivity contribution >= 4 is 34.4 Å². The number of hydrogen-bond donors (Lipinski definition) is 2. The molecule has 0 saturated carbocycles. The normalized spacial score (nSPS) is 11.0. The van der Waals surface area contributed by atoms with Crippen LogP contribution in [-0.2, 0) is 19.9 Å². The van der Waals surface area contributed by atoms with Gasteiger partial charge in [-0.1, -0.05) is 29.8 Å². The van der Waals surface area contributed by atoms with Crippen LogP contribution in [0.3, 0.4) is 0 Å². The molecule has 2 heterocycles. The van der Waals surface area contributed by atoms with E-state index in [4.69, 9.17) is 16.3 Å². The van der Waals surface area contributed by atoms with Gasteiger partial charge in [0.25, 0.3) is 0 Å². The molecule has 0 saturated heterocycles. The van der Waals surface area contributed by atoms with Gasteiger partial charge in [-0.15, -0.1) is 0 Å². The second-order valence-electron chi connectivity index (χ2n) is 7.72. The van der Waals surface area contributed by atoms with Gasteiger partial charge in [0.15, 0.2) is 0 Å². The molecule has 0 unspecified atom stereocenters. The number of halogens is 1. The zero-order chi connectivity index (χ0) is 23.2. The molecule has 0 amide bonds. The van der Waals surface area contributed by atoms with Crippen molar-refractivity contribution in [1.29, 1.82) is 0 Å². The monoisotopic (exact) mass is 464 g/mol. The van der Waals surface area contributed by atoms with Gasteiger partial charge in [0.05, 0.1) is 17.8 Å². The second-order valence-corrected chi connectivity index (χ2v) is 8.16. The molecule has 33 heavy (non-hydrogen) atoms. The standard InChI is InChI=1S/C25H25ClN4O3/c1-30-16-17(20-6-2-3-8-23(20)30)5-4-7-22-21(24(31)32)15-28-25(29-22)27-13-14-33-19-11-9-18(26)10-12-19/h2-3,6,8-12,15-16H,4-5,7,13-14H2,1H3,(H,31,32)(H,27,28,29). The lowest BCUT2D eigenvalue weighted by Gasteiger charge is -2.10. The van der Waals surface area contributed by atoms with E-state index in [-0.39, 0.29) is 5.56 Å². The van der Waals surface area contributed by atoms with Crippen molar-refractivity contribution in [3.63, 3.8) is 0 Å². The third-order valence-electron chi connectivity index (χ3n) is 5.40. The highest BCUT2D eigenvalue weighted by Crippen LogP contribution is 2.22. The third-order valence-corrected chi connectivity index (χ3v) is 5.66. The summed E-state index contributed by atoms with van der Waals surface area (Å²) in [5.41, 5.74) is 3.10. The van der Waals surface area contributed by atoms with Crippen LogP contribution in [0, 0.1) is 0 Å². The summed E-state index contributed by atoms with van der Waals surface area (Å²) >= 11 is 5.87. The van der Waals surface area contributed by atoms with Crippen LogP contribution in [0.1, 0.15) is 28.0 Å². The van der Waals surface area contributed by atoms with E-state index in [2.05, 4.69) is 38.2 Å². The van der Waals surface area contributed by atoms with Crippen molar-refractivity contribution in [1.82, 2.24) is 14.5 Å². The van der Waals surface area contributed by atoms with E-state index in [1.165, 1.54) is 22.7 Å². The lowest BCUT2D eigenvalue weighted by atomic mass is 10.0. The number of aryl methyl sites for hydroxylation is 3. The minimum absolute atomic E-state index is 0.135. The Hall–Kier alpha value is -3.58. The lowest BCUT2D eigenvalue weighted by Crippen LogP contribution is -2.15. The SMILES string of the molecule is Cn1cc(CCCc2nc(NCCOc3ccc(Cl)cc3)ncc2C(=O)O)c2ccccc21. The van der Waals surface area contributed by atoms with Crippen molar-refractivity contribution < 1.29 is 14.6 Å².